The van der Waals surface area contributed by atoms with E-state index in [4.69, 9.17) is 39.5 Å². The molecule has 3 rings (SSSR count). The molecule has 0 atom stereocenters. The molecule has 25 heavy (non-hydrogen) atoms. The van der Waals surface area contributed by atoms with E-state index in [2.05, 4.69) is 33.1 Å². The molecule has 1 aromatic heterocycles. The van der Waals surface area contributed by atoms with Crippen LogP contribution in [0.1, 0.15) is 16.8 Å². The van der Waals surface area contributed by atoms with Gasteiger partial charge in [-0.05, 0) is 35.9 Å². The summed E-state index contributed by atoms with van der Waals surface area (Å²) in [4.78, 5) is 0. The highest BCUT2D eigenvalue weighted by Crippen LogP contribution is 2.36. The van der Waals surface area contributed by atoms with E-state index in [1.54, 1.807) is 7.11 Å². The lowest BCUT2D eigenvalue weighted by molar-refractivity contribution is 0.371. The van der Waals surface area contributed by atoms with Crippen LogP contribution >= 0.6 is 50.7 Å². The Labute approximate surface area is 170 Å². The maximum absolute atomic E-state index is 6.58. The molecule has 130 valence electrons. The van der Waals surface area contributed by atoms with Gasteiger partial charge in [0, 0.05) is 39.6 Å². The number of aryl methyl sites for hydroxylation is 1. The Bertz CT molecular complexity index is 994. The van der Waals surface area contributed by atoms with Gasteiger partial charge in [0.2, 0.25) is 0 Å². The Morgan fingerprint density at radius 3 is 2.56 bits per heavy atom. The van der Waals surface area contributed by atoms with Crippen LogP contribution in [0.4, 0.5) is 0 Å². The van der Waals surface area contributed by atoms with Gasteiger partial charge >= 0.3 is 0 Å². The summed E-state index contributed by atoms with van der Waals surface area (Å²) in [5.41, 5.74) is 3.67. The molecule has 1 heterocycles. The highest BCUT2D eigenvalue weighted by molar-refractivity contribution is 9.10. The number of rotatable bonds is 4. The average Bonchev–Trinajstić information content (AvgIpc) is 2.88. The number of benzene rings is 2. The maximum Gasteiger partial charge on any atom is 0.120 e. The van der Waals surface area contributed by atoms with Crippen molar-refractivity contribution >= 4 is 67.4 Å². The smallest absolute Gasteiger partial charge is 0.120 e. The van der Waals surface area contributed by atoms with E-state index in [0.29, 0.717) is 27.2 Å². The Balaban J connectivity index is 2.12. The molecular weight excluding hydrogens is 444 g/mol. The fourth-order valence-corrected chi connectivity index (χ4v) is 4.30. The first kappa shape index (κ1) is 18.7. The van der Waals surface area contributed by atoms with Crippen LogP contribution in [-0.2, 0) is 18.2 Å². The molecule has 0 aliphatic rings. The van der Waals surface area contributed by atoms with Crippen molar-refractivity contribution in [2.45, 2.75) is 6.42 Å². The minimum absolute atomic E-state index is 0.506. The van der Waals surface area contributed by atoms with Gasteiger partial charge < -0.3 is 9.30 Å². The molecule has 2 nitrogen and oxygen atoms in total. The van der Waals surface area contributed by atoms with E-state index < -0.39 is 0 Å². The zero-order valence-electron chi connectivity index (χ0n) is 13.7. The van der Waals surface area contributed by atoms with Crippen molar-refractivity contribution in [2.24, 2.45) is 7.05 Å². The number of methoxy groups -OCH3 is 1. The number of halogens is 4. The fourth-order valence-electron chi connectivity index (χ4n) is 2.85. The second kappa shape index (κ2) is 7.24. The number of aromatic nitrogens is 1. The summed E-state index contributed by atoms with van der Waals surface area (Å²) in [6, 6.07) is 9.62. The lowest BCUT2D eigenvalue weighted by atomic mass is 10.0. The third-order valence-corrected chi connectivity index (χ3v) is 5.82. The molecule has 0 saturated carbocycles. The van der Waals surface area contributed by atoms with Gasteiger partial charge in [-0.3, -0.25) is 0 Å². The number of hydrogen-bond donors (Lipinski definition) is 0. The summed E-state index contributed by atoms with van der Waals surface area (Å²) < 4.78 is 8.24. The summed E-state index contributed by atoms with van der Waals surface area (Å²) in [7, 11) is 3.57. The third kappa shape index (κ3) is 3.43. The SMILES string of the molecule is C=C(OC)c1ccc(Cl)c(Cc2cc3c(Cl)cc(Br)cc3n2C)c1Cl. The highest BCUT2D eigenvalue weighted by atomic mass is 79.9. The number of nitrogens with zero attached hydrogens (tertiary/aromatic N) is 1. The lowest BCUT2D eigenvalue weighted by Gasteiger charge is -2.13. The second-order valence-corrected chi connectivity index (χ2v) is 7.81. The zero-order valence-corrected chi connectivity index (χ0v) is 17.5. The maximum atomic E-state index is 6.58. The molecule has 2 aromatic carbocycles. The zero-order chi connectivity index (χ0) is 18.3. The van der Waals surface area contributed by atoms with Gasteiger partial charge in [-0.25, -0.2) is 0 Å². The monoisotopic (exact) mass is 457 g/mol. The molecule has 3 aromatic rings. The van der Waals surface area contributed by atoms with Gasteiger partial charge in [-0.2, -0.15) is 0 Å². The highest BCUT2D eigenvalue weighted by Gasteiger charge is 2.17. The van der Waals surface area contributed by atoms with Gasteiger partial charge in [0.25, 0.3) is 0 Å². The largest absolute Gasteiger partial charge is 0.497 e. The Morgan fingerprint density at radius 2 is 1.88 bits per heavy atom. The molecule has 0 radical (unpaired) electrons. The molecule has 0 N–H and O–H groups in total. The molecule has 0 aliphatic heterocycles. The number of hydrogen-bond acceptors (Lipinski definition) is 1. The van der Waals surface area contributed by atoms with Crippen LogP contribution in [0.5, 0.6) is 0 Å². The fraction of sp³-hybridized carbons (Fsp3) is 0.158. The van der Waals surface area contributed by atoms with Crippen LogP contribution in [0, 0.1) is 0 Å². The van der Waals surface area contributed by atoms with E-state index in [-0.39, 0.29) is 0 Å². The van der Waals surface area contributed by atoms with E-state index >= 15 is 0 Å². The summed E-state index contributed by atoms with van der Waals surface area (Å²) in [6.45, 7) is 3.88. The van der Waals surface area contributed by atoms with Crippen molar-refractivity contribution < 1.29 is 4.74 Å². The van der Waals surface area contributed by atoms with Crippen LogP contribution in [0.2, 0.25) is 15.1 Å². The van der Waals surface area contributed by atoms with Crippen molar-refractivity contribution in [3.05, 3.63) is 73.3 Å². The average molecular weight is 460 g/mol. The summed E-state index contributed by atoms with van der Waals surface area (Å²) in [5, 5.41) is 2.85. The molecule has 6 heteroatoms. The molecule has 0 bridgehead atoms. The molecule has 0 fully saturated rings. The minimum atomic E-state index is 0.506. The summed E-state index contributed by atoms with van der Waals surface area (Å²) in [6.07, 6.45) is 0.571. The van der Waals surface area contributed by atoms with Crippen molar-refractivity contribution in [2.75, 3.05) is 7.11 Å². The molecule has 0 saturated heterocycles. The molecule has 0 aliphatic carbocycles. The van der Waals surface area contributed by atoms with Gasteiger partial charge in [0.05, 0.1) is 22.7 Å². The van der Waals surface area contributed by atoms with E-state index in [0.717, 1.165) is 32.2 Å². The van der Waals surface area contributed by atoms with Crippen LogP contribution in [-0.4, -0.2) is 11.7 Å². The third-order valence-electron chi connectivity index (χ3n) is 4.27. The second-order valence-electron chi connectivity index (χ2n) is 5.71. The van der Waals surface area contributed by atoms with E-state index in [1.165, 1.54) is 0 Å². The minimum Gasteiger partial charge on any atom is -0.497 e. The molecule has 0 unspecified atom stereocenters. The first-order chi connectivity index (χ1) is 11.8. The van der Waals surface area contributed by atoms with E-state index in [9.17, 15) is 0 Å². The Kier molecular flexibility index (Phi) is 5.40. The van der Waals surface area contributed by atoms with Crippen LogP contribution in [0.3, 0.4) is 0 Å². The van der Waals surface area contributed by atoms with Gasteiger partial charge in [-0.15, -0.1) is 0 Å². The van der Waals surface area contributed by atoms with Crippen molar-refractivity contribution in [1.82, 2.24) is 4.57 Å². The van der Waals surface area contributed by atoms with E-state index in [1.807, 2.05) is 31.3 Å². The molecule has 0 spiro atoms. The standard InChI is InChI=1S/C19H15BrCl3NO/c1-10(25-3)13-4-5-16(21)15(19(13)23)9-12-8-14-17(22)6-11(20)7-18(14)24(12)2/h4-8H,1,9H2,2-3H3. The first-order valence-corrected chi connectivity index (χ1v) is 9.39. The Morgan fingerprint density at radius 1 is 1.16 bits per heavy atom. The normalized spacial score (nSPS) is 11.1. The van der Waals surface area contributed by atoms with Crippen LogP contribution in [0.15, 0.2) is 41.4 Å². The molecular formula is C19H15BrCl3NO. The van der Waals surface area contributed by atoms with Gasteiger partial charge in [-0.1, -0.05) is 57.3 Å². The van der Waals surface area contributed by atoms with Gasteiger partial charge in [0.15, 0.2) is 0 Å². The predicted molar refractivity (Wildman–Crippen MR) is 111 cm³/mol. The topological polar surface area (TPSA) is 14.2 Å². The quantitative estimate of drug-likeness (QED) is 0.379. The van der Waals surface area contributed by atoms with Crippen LogP contribution in [0.25, 0.3) is 16.7 Å². The predicted octanol–water partition coefficient (Wildman–Crippen LogP) is 7.11. The molecule has 0 amide bonds. The van der Waals surface area contributed by atoms with Crippen LogP contribution < -0.4 is 0 Å². The van der Waals surface area contributed by atoms with Crippen molar-refractivity contribution in [3.8, 4) is 0 Å². The number of ether oxygens (including phenoxy) is 1. The van der Waals surface area contributed by atoms with Crippen molar-refractivity contribution in [1.29, 1.82) is 0 Å². The number of fused-ring (bicyclic) bond motifs is 1. The summed E-state index contributed by atoms with van der Waals surface area (Å²) >= 11 is 22.8. The lowest BCUT2D eigenvalue weighted by Crippen LogP contribution is -2.00. The van der Waals surface area contributed by atoms with Crippen molar-refractivity contribution in [3.63, 3.8) is 0 Å². The Hall–Kier alpha value is -1.13. The van der Waals surface area contributed by atoms with Gasteiger partial charge in [0.1, 0.15) is 5.76 Å². The first-order valence-electron chi connectivity index (χ1n) is 7.47. The summed E-state index contributed by atoms with van der Waals surface area (Å²) in [5.74, 6) is 0.506.